The lowest BCUT2D eigenvalue weighted by Crippen LogP contribution is -2.01. The van der Waals surface area contributed by atoms with E-state index in [-0.39, 0.29) is 0 Å². The first-order valence-corrected chi connectivity index (χ1v) is 5.34. The first-order valence-electron chi connectivity index (χ1n) is 5.34. The van der Waals surface area contributed by atoms with Gasteiger partial charge in [-0.1, -0.05) is 6.07 Å². The molecular formula is C12H15N3O2. The zero-order valence-corrected chi connectivity index (χ0v) is 9.87. The van der Waals surface area contributed by atoms with Crippen molar-refractivity contribution in [2.24, 2.45) is 7.05 Å². The Morgan fingerprint density at radius 2 is 2.24 bits per heavy atom. The summed E-state index contributed by atoms with van der Waals surface area (Å²) in [6.07, 6.45) is 5.14. The molecule has 0 aliphatic heterocycles. The number of rotatable bonds is 4. The van der Waals surface area contributed by atoms with Crippen molar-refractivity contribution in [2.75, 3.05) is 7.11 Å². The first-order chi connectivity index (χ1) is 8.19. The number of methoxy groups -OCH3 is 1. The van der Waals surface area contributed by atoms with Gasteiger partial charge in [0.1, 0.15) is 0 Å². The maximum absolute atomic E-state index is 10.0. The number of pyridine rings is 1. The zero-order chi connectivity index (χ0) is 12.3. The molecule has 0 spiro atoms. The van der Waals surface area contributed by atoms with E-state index in [2.05, 4.69) is 10.1 Å². The fourth-order valence-electron chi connectivity index (χ4n) is 1.61. The minimum atomic E-state index is -0.557. The molecule has 1 N–H and O–H groups in total. The fourth-order valence-corrected chi connectivity index (χ4v) is 1.61. The monoisotopic (exact) mass is 233 g/mol. The summed E-state index contributed by atoms with van der Waals surface area (Å²) in [5.74, 6) is 0.574. The Balaban J connectivity index is 2.04. The molecule has 1 unspecified atom stereocenters. The maximum Gasteiger partial charge on any atom is 0.212 e. The number of ether oxygens (including phenoxy) is 1. The summed E-state index contributed by atoms with van der Waals surface area (Å²) in [6, 6.07) is 3.68. The van der Waals surface area contributed by atoms with E-state index in [0.29, 0.717) is 12.3 Å². The van der Waals surface area contributed by atoms with Crippen LogP contribution in [0.4, 0.5) is 0 Å². The molecule has 0 saturated carbocycles. The second-order valence-corrected chi connectivity index (χ2v) is 3.88. The van der Waals surface area contributed by atoms with Crippen LogP contribution in [0, 0.1) is 0 Å². The lowest BCUT2D eigenvalue weighted by Gasteiger charge is -2.08. The van der Waals surface area contributed by atoms with Crippen LogP contribution in [0.25, 0.3) is 0 Å². The van der Waals surface area contributed by atoms with Gasteiger partial charge >= 0.3 is 0 Å². The van der Waals surface area contributed by atoms with Crippen LogP contribution >= 0.6 is 0 Å². The van der Waals surface area contributed by atoms with Gasteiger partial charge in [-0.2, -0.15) is 5.10 Å². The molecule has 0 saturated heterocycles. The largest absolute Gasteiger partial charge is 0.481 e. The maximum atomic E-state index is 10.0. The smallest absolute Gasteiger partial charge is 0.212 e. The van der Waals surface area contributed by atoms with E-state index in [1.807, 2.05) is 19.3 Å². The minimum absolute atomic E-state index is 0.517. The summed E-state index contributed by atoms with van der Waals surface area (Å²) in [4.78, 5) is 4.09. The molecule has 1 atom stereocenters. The average Bonchev–Trinajstić information content (AvgIpc) is 2.77. The first kappa shape index (κ1) is 11.6. The Morgan fingerprint density at radius 1 is 1.41 bits per heavy atom. The van der Waals surface area contributed by atoms with Gasteiger partial charge in [-0.15, -0.1) is 0 Å². The number of aliphatic hydroxyl groups excluding tert-OH is 1. The van der Waals surface area contributed by atoms with Crippen molar-refractivity contribution in [3.8, 4) is 5.88 Å². The number of aromatic nitrogens is 3. The van der Waals surface area contributed by atoms with Crippen LogP contribution in [0.1, 0.15) is 17.2 Å². The normalized spacial score (nSPS) is 12.4. The molecule has 0 bridgehead atoms. The van der Waals surface area contributed by atoms with Crippen LogP contribution < -0.4 is 4.74 Å². The highest BCUT2D eigenvalue weighted by molar-refractivity contribution is 5.20. The van der Waals surface area contributed by atoms with Gasteiger partial charge in [0, 0.05) is 37.5 Å². The summed E-state index contributed by atoms with van der Waals surface area (Å²) in [5, 5.41) is 14.0. The Bertz CT molecular complexity index is 479. The summed E-state index contributed by atoms with van der Waals surface area (Å²) in [5.41, 5.74) is 1.77. The molecule has 0 aliphatic carbocycles. The minimum Gasteiger partial charge on any atom is -0.481 e. The average molecular weight is 233 g/mol. The van der Waals surface area contributed by atoms with Crippen molar-refractivity contribution in [3.63, 3.8) is 0 Å². The third-order valence-corrected chi connectivity index (χ3v) is 2.55. The molecule has 5 nitrogen and oxygen atoms in total. The standard InChI is InChI=1S/C12H15N3O2/c1-15-8-10(7-14-15)11(16)5-9-3-4-12(17-2)13-6-9/h3-4,6-8,11,16H,5H2,1-2H3. The Kier molecular flexibility index (Phi) is 3.39. The molecule has 2 aromatic rings. The van der Waals surface area contributed by atoms with Gasteiger partial charge in [0.2, 0.25) is 5.88 Å². The van der Waals surface area contributed by atoms with Crippen LogP contribution in [0.15, 0.2) is 30.7 Å². The second-order valence-electron chi connectivity index (χ2n) is 3.88. The van der Waals surface area contributed by atoms with Gasteiger partial charge in [0.25, 0.3) is 0 Å². The van der Waals surface area contributed by atoms with E-state index in [9.17, 15) is 5.11 Å². The van der Waals surface area contributed by atoms with Crippen LogP contribution in [0.5, 0.6) is 5.88 Å². The van der Waals surface area contributed by atoms with E-state index in [0.717, 1.165) is 11.1 Å². The molecule has 90 valence electrons. The van der Waals surface area contributed by atoms with Crippen LogP contribution in [-0.4, -0.2) is 27.0 Å². The van der Waals surface area contributed by atoms with Gasteiger partial charge < -0.3 is 9.84 Å². The molecule has 5 heteroatoms. The van der Waals surface area contributed by atoms with Crippen molar-refractivity contribution in [1.82, 2.24) is 14.8 Å². The lowest BCUT2D eigenvalue weighted by molar-refractivity contribution is 0.178. The van der Waals surface area contributed by atoms with Gasteiger partial charge in [0.15, 0.2) is 0 Å². The molecule has 2 heterocycles. The number of hydrogen-bond acceptors (Lipinski definition) is 4. The van der Waals surface area contributed by atoms with Crippen molar-refractivity contribution in [3.05, 3.63) is 41.9 Å². The van der Waals surface area contributed by atoms with Gasteiger partial charge in [-0.05, 0) is 5.56 Å². The number of aryl methyl sites for hydroxylation is 1. The highest BCUT2D eigenvalue weighted by Gasteiger charge is 2.10. The van der Waals surface area contributed by atoms with E-state index in [1.165, 1.54) is 0 Å². The second kappa shape index (κ2) is 4.97. The molecule has 0 amide bonds. The predicted molar refractivity (Wildman–Crippen MR) is 62.7 cm³/mol. The third kappa shape index (κ3) is 2.82. The Hall–Kier alpha value is -1.88. The summed E-state index contributed by atoms with van der Waals surface area (Å²) < 4.78 is 6.65. The van der Waals surface area contributed by atoms with E-state index in [4.69, 9.17) is 4.74 Å². The lowest BCUT2D eigenvalue weighted by atomic mass is 10.1. The summed E-state index contributed by atoms with van der Waals surface area (Å²) in [6.45, 7) is 0. The predicted octanol–water partition coefficient (Wildman–Crippen LogP) is 1.10. The molecule has 17 heavy (non-hydrogen) atoms. The fraction of sp³-hybridized carbons (Fsp3) is 0.333. The summed E-state index contributed by atoms with van der Waals surface area (Å²) >= 11 is 0. The molecular weight excluding hydrogens is 218 g/mol. The van der Waals surface area contributed by atoms with Crippen LogP contribution in [-0.2, 0) is 13.5 Å². The van der Waals surface area contributed by atoms with Crippen LogP contribution in [0.2, 0.25) is 0 Å². The highest BCUT2D eigenvalue weighted by Crippen LogP contribution is 2.18. The van der Waals surface area contributed by atoms with Gasteiger partial charge in [0.05, 0.1) is 19.4 Å². The molecule has 0 fully saturated rings. The summed E-state index contributed by atoms with van der Waals surface area (Å²) in [7, 11) is 3.40. The number of hydrogen-bond donors (Lipinski definition) is 1. The Morgan fingerprint density at radius 3 is 2.76 bits per heavy atom. The van der Waals surface area contributed by atoms with Crippen LogP contribution in [0.3, 0.4) is 0 Å². The van der Waals surface area contributed by atoms with E-state index in [1.54, 1.807) is 30.3 Å². The van der Waals surface area contributed by atoms with Crippen molar-refractivity contribution < 1.29 is 9.84 Å². The van der Waals surface area contributed by atoms with E-state index < -0.39 is 6.10 Å². The van der Waals surface area contributed by atoms with Gasteiger partial charge in [-0.3, -0.25) is 4.68 Å². The molecule has 0 radical (unpaired) electrons. The SMILES string of the molecule is COc1ccc(CC(O)c2cnn(C)c2)cn1. The van der Waals surface area contributed by atoms with Crippen molar-refractivity contribution >= 4 is 0 Å². The van der Waals surface area contributed by atoms with Gasteiger partial charge in [-0.25, -0.2) is 4.98 Å². The van der Waals surface area contributed by atoms with Crippen molar-refractivity contribution in [2.45, 2.75) is 12.5 Å². The number of nitrogens with zero attached hydrogens (tertiary/aromatic N) is 3. The Labute approximate surface area is 99.7 Å². The quantitative estimate of drug-likeness (QED) is 0.859. The zero-order valence-electron chi connectivity index (χ0n) is 9.87. The van der Waals surface area contributed by atoms with Crippen molar-refractivity contribution in [1.29, 1.82) is 0 Å². The topological polar surface area (TPSA) is 60.2 Å². The molecule has 2 rings (SSSR count). The molecule has 0 aliphatic rings. The third-order valence-electron chi connectivity index (χ3n) is 2.55. The number of aliphatic hydroxyl groups is 1. The molecule has 0 aromatic carbocycles. The van der Waals surface area contributed by atoms with E-state index >= 15 is 0 Å². The highest BCUT2D eigenvalue weighted by atomic mass is 16.5. The molecule has 2 aromatic heterocycles.